The van der Waals surface area contributed by atoms with Crippen LogP contribution in [0.2, 0.25) is 0 Å². The van der Waals surface area contributed by atoms with Crippen molar-refractivity contribution in [2.24, 2.45) is 11.7 Å². The molecule has 0 bridgehead atoms. The molecule has 1 aromatic carbocycles. The van der Waals surface area contributed by atoms with Gasteiger partial charge in [-0.25, -0.2) is 0 Å². The Morgan fingerprint density at radius 3 is 2.53 bits per heavy atom. The van der Waals surface area contributed by atoms with Crippen molar-refractivity contribution >= 4 is 5.91 Å². The molecular formula is C15H24N2O2. The van der Waals surface area contributed by atoms with Gasteiger partial charge >= 0.3 is 0 Å². The Kier molecular flexibility index (Phi) is 5.83. The number of hydrogen-bond acceptors (Lipinski definition) is 3. The van der Waals surface area contributed by atoms with Crippen LogP contribution in [0.5, 0.6) is 5.75 Å². The topological polar surface area (TPSA) is 64.4 Å². The molecule has 106 valence electrons. The lowest BCUT2D eigenvalue weighted by atomic mass is 10.0. The summed E-state index contributed by atoms with van der Waals surface area (Å²) < 4.78 is 5.34. The van der Waals surface area contributed by atoms with Gasteiger partial charge in [0.15, 0.2) is 0 Å². The van der Waals surface area contributed by atoms with Crippen molar-refractivity contribution in [3.05, 3.63) is 29.8 Å². The highest BCUT2D eigenvalue weighted by Crippen LogP contribution is 2.26. The summed E-state index contributed by atoms with van der Waals surface area (Å²) in [4.78, 5) is 12.0. The summed E-state index contributed by atoms with van der Waals surface area (Å²) in [5.74, 6) is 0.788. The molecule has 0 heterocycles. The lowest BCUT2D eigenvalue weighted by molar-refractivity contribution is -0.124. The van der Waals surface area contributed by atoms with Crippen molar-refractivity contribution < 1.29 is 9.53 Å². The van der Waals surface area contributed by atoms with E-state index >= 15 is 0 Å². The van der Waals surface area contributed by atoms with E-state index in [0.29, 0.717) is 0 Å². The summed E-state index contributed by atoms with van der Waals surface area (Å²) in [7, 11) is 1.63. The van der Waals surface area contributed by atoms with E-state index in [1.807, 2.05) is 45.0 Å². The molecular weight excluding hydrogens is 240 g/mol. The molecule has 1 amide bonds. The first-order valence-corrected chi connectivity index (χ1v) is 6.70. The van der Waals surface area contributed by atoms with Crippen molar-refractivity contribution in [2.75, 3.05) is 7.11 Å². The summed E-state index contributed by atoms with van der Waals surface area (Å²) in [5, 5.41) is 2.99. The zero-order valence-electron chi connectivity index (χ0n) is 12.1. The van der Waals surface area contributed by atoms with Crippen LogP contribution in [-0.4, -0.2) is 19.1 Å². The van der Waals surface area contributed by atoms with Crippen molar-refractivity contribution in [3.63, 3.8) is 0 Å². The van der Waals surface area contributed by atoms with Crippen LogP contribution in [-0.2, 0) is 4.79 Å². The first kappa shape index (κ1) is 15.5. The second-order valence-electron chi connectivity index (χ2n) is 4.98. The quantitative estimate of drug-likeness (QED) is 0.828. The number of methoxy groups -OCH3 is 1. The number of rotatable bonds is 6. The number of hydrogen-bond donors (Lipinski definition) is 2. The minimum Gasteiger partial charge on any atom is -0.496 e. The molecule has 4 nitrogen and oxygen atoms in total. The first-order chi connectivity index (χ1) is 9.01. The van der Waals surface area contributed by atoms with Gasteiger partial charge in [0.05, 0.1) is 19.2 Å². The lowest BCUT2D eigenvalue weighted by Crippen LogP contribution is -2.45. The molecule has 0 aliphatic heterocycles. The molecule has 1 unspecified atom stereocenters. The van der Waals surface area contributed by atoms with Crippen LogP contribution in [0, 0.1) is 5.92 Å². The normalized spacial score (nSPS) is 14.0. The van der Waals surface area contributed by atoms with E-state index in [0.717, 1.165) is 17.7 Å². The van der Waals surface area contributed by atoms with Crippen LogP contribution in [0.3, 0.4) is 0 Å². The van der Waals surface area contributed by atoms with Gasteiger partial charge in [0.1, 0.15) is 5.75 Å². The number of benzene rings is 1. The van der Waals surface area contributed by atoms with Crippen LogP contribution >= 0.6 is 0 Å². The predicted octanol–water partition coefficient (Wildman–Crippen LogP) is 2.25. The maximum absolute atomic E-state index is 12.0. The molecule has 0 aliphatic rings. The van der Waals surface area contributed by atoms with E-state index in [-0.39, 0.29) is 17.9 Å². The van der Waals surface area contributed by atoms with Crippen molar-refractivity contribution in [1.82, 2.24) is 5.32 Å². The number of amides is 1. The summed E-state index contributed by atoms with van der Waals surface area (Å²) in [6.07, 6.45) is 0.789. The van der Waals surface area contributed by atoms with Gasteiger partial charge in [-0.2, -0.15) is 0 Å². The van der Waals surface area contributed by atoms with Crippen LogP contribution in [0.25, 0.3) is 0 Å². The van der Waals surface area contributed by atoms with E-state index < -0.39 is 6.04 Å². The Morgan fingerprint density at radius 1 is 1.37 bits per heavy atom. The molecule has 0 aliphatic carbocycles. The van der Waals surface area contributed by atoms with Crippen LogP contribution in [0.1, 0.15) is 38.8 Å². The number of nitrogens with two attached hydrogens (primary N) is 1. The molecule has 19 heavy (non-hydrogen) atoms. The monoisotopic (exact) mass is 264 g/mol. The van der Waals surface area contributed by atoms with E-state index in [4.69, 9.17) is 10.5 Å². The fraction of sp³-hybridized carbons (Fsp3) is 0.533. The maximum Gasteiger partial charge on any atom is 0.237 e. The molecule has 1 rings (SSSR count). The van der Waals surface area contributed by atoms with Gasteiger partial charge < -0.3 is 15.8 Å². The summed E-state index contributed by atoms with van der Waals surface area (Å²) in [6.45, 7) is 5.90. The summed E-state index contributed by atoms with van der Waals surface area (Å²) >= 11 is 0. The maximum atomic E-state index is 12.0. The SMILES string of the molecule is CCC(NC(=O)[C@@H](N)C(C)C)c1ccccc1OC. The first-order valence-electron chi connectivity index (χ1n) is 6.70. The van der Waals surface area contributed by atoms with Crippen molar-refractivity contribution in [2.45, 2.75) is 39.3 Å². The van der Waals surface area contributed by atoms with Crippen molar-refractivity contribution in [3.8, 4) is 5.75 Å². The molecule has 0 aromatic heterocycles. The van der Waals surface area contributed by atoms with Gasteiger partial charge in [-0.3, -0.25) is 4.79 Å². The largest absolute Gasteiger partial charge is 0.496 e. The zero-order chi connectivity index (χ0) is 14.4. The number of ether oxygens (including phenoxy) is 1. The Labute approximate surface area is 115 Å². The minimum atomic E-state index is -0.483. The van der Waals surface area contributed by atoms with Gasteiger partial charge in [0, 0.05) is 5.56 Å². The number of nitrogens with one attached hydrogen (secondary N) is 1. The smallest absolute Gasteiger partial charge is 0.237 e. The Hall–Kier alpha value is -1.55. The third kappa shape index (κ3) is 3.96. The molecule has 4 heteroatoms. The summed E-state index contributed by atoms with van der Waals surface area (Å²) in [5.41, 5.74) is 6.85. The van der Waals surface area contributed by atoms with Crippen LogP contribution < -0.4 is 15.8 Å². The van der Waals surface area contributed by atoms with Crippen LogP contribution in [0.4, 0.5) is 0 Å². The molecule has 0 saturated carbocycles. The third-order valence-electron chi connectivity index (χ3n) is 3.26. The highest BCUT2D eigenvalue weighted by molar-refractivity contribution is 5.82. The number of carbonyl (C=O) groups excluding carboxylic acids is 1. The van der Waals surface area contributed by atoms with Crippen molar-refractivity contribution in [1.29, 1.82) is 0 Å². The molecule has 0 radical (unpaired) electrons. The molecule has 0 fully saturated rings. The van der Waals surface area contributed by atoms with Gasteiger partial charge in [-0.05, 0) is 18.4 Å². The number of carbonyl (C=O) groups is 1. The fourth-order valence-electron chi connectivity index (χ4n) is 1.92. The second-order valence-corrected chi connectivity index (χ2v) is 4.98. The standard InChI is InChI=1S/C15H24N2O2/c1-5-12(17-15(18)14(16)10(2)3)11-8-6-7-9-13(11)19-4/h6-10,12,14H,5,16H2,1-4H3,(H,17,18)/t12?,14-/m0/s1. The Balaban J connectivity index is 2.86. The van der Waals surface area contributed by atoms with Crippen LogP contribution in [0.15, 0.2) is 24.3 Å². The lowest BCUT2D eigenvalue weighted by Gasteiger charge is -2.23. The predicted molar refractivity (Wildman–Crippen MR) is 77.0 cm³/mol. The summed E-state index contributed by atoms with van der Waals surface area (Å²) in [6, 6.07) is 7.16. The van der Waals surface area contributed by atoms with E-state index in [1.54, 1.807) is 7.11 Å². The Morgan fingerprint density at radius 2 is 2.00 bits per heavy atom. The Bertz CT molecular complexity index is 418. The highest BCUT2D eigenvalue weighted by atomic mass is 16.5. The zero-order valence-corrected chi connectivity index (χ0v) is 12.1. The van der Waals surface area contributed by atoms with Gasteiger partial charge in [-0.15, -0.1) is 0 Å². The fourth-order valence-corrected chi connectivity index (χ4v) is 1.92. The van der Waals surface area contributed by atoms with Gasteiger partial charge in [0.25, 0.3) is 0 Å². The molecule has 0 saturated heterocycles. The van der Waals surface area contributed by atoms with E-state index in [1.165, 1.54) is 0 Å². The molecule has 0 spiro atoms. The number of para-hydroxylation sites is 1. The highest BCUT2D eigenvalue weighted by Gasteiger charge is 2.22. The molecule has 2 atom stereocenters. The molecule has 3 N–H and O–H groups in total. The van der Waals surface area contributed by atoms with E-state index in [2.05, 4.69) is 5.32 Å². The third-order valence-corrected chi connectivity index (χ3v) is 3.26. The van der Waals surface area contributed by atoms with Gasteiger partial charge in [0.2, 0.25) is 5.91 Å². The average Bonchev–Trinajstić information content (AvgIpc) is 2.43. The van der Waals surface area contributed by atoms with Gasteiger partial charge in [-0.1, -0.05) is 39.0 Å². The molecule has 1 aromatic rings. The second kappa shape index (κ2) is 7.14. The van der Waals surface area contributed by atoms with E-state index in [9.17, 15) is 4.79 Å². The minimum absolute atomic E-state index is 0.0755. The average molecular weight is 264 g/mol.